The van der Waals surface area contributed by atoms with Gasteiger partial charge in [-0.05, 0) is 74.8 Å². The summed E-state index contributed by atoms with van der Waals surface area (Å²) in [5, 5.41) is 22.3. The number of anilines is 1. The van der Waals surface area contributed by atoms with Crippen LogP contribution in [0.2, 0.25) is 5.02 Å². The van der Waals surface area contributed by atoms with Crippen LogP contribution >= 0.6 is 11.6 Å². The quantitative estimate of drug-likeness (QED) is 0.464. The van der Waals surface area contributed by atoms with Gasteiger partial charge in [-0.2, -0.15) is 0 Å². The van der Waals surface area contributed by atoms with Crippen LogP contribution in [-0.4, -0.2) is 54.7 Å². The third kappa shape index (κ3) is 5.28. The Hall–Kier alpha value is -2.11. The zero-order valence-electron chi connectivity index (χ0n) is 19.6. The summed E-state index contributed by atoms with van der Waals surface area (Å²) in [6.45, 7) is 1.69. The van der Waals surface area contributed by atoms with E-state index in [-0.39, 0.29) is 59.1 Å². The maximum atomic E-state index is 13.6. The molecular formula is C25H28ClF2NO6S. The summed E-state index contributed by atoms with van der Waals surface area (Å²) in [4.78, 5) is 12.5. The maximum absolute atomic E-state index is 13.6. The van der Waals surface area contributed by atoms with Crippen LogP contribution in [0.1, 0.15) is 43.0 Å². The van der Waals surface area contributed by atoms with Crippen molar-refractivity contribution in [3.8, 4) is 0 Å². The number of carbonyl (C=O) groups excluding carboxylic acids is 1. The van der Waals surface area contributed by atoms with Gasteiger partial charge in [0, 0.05) is 17.3 Å². The first-order chi connectivity index (χ1) is 16.9. The van der Waals surface area contributed by atoms with Crippen molar-refractivity contribution in [3.05, 3.63) is 58.6 Å². The number of sulfone groups is 1. The van der Waals surface area contributed by atoms with Crippen LogP contribution in [0.5, 0.6) is 0 Å². The van der Waals surface area contributed by atoms with Gasteiger partial charge in [0.15, 0.2) is 21.5 Å². The van der Waals surface area contributed by atoms with Crippen LogP contribution in [0.4, 0.5) is 14.5 Å². The SMILES string of the molecule is CC(O)COCC1(O)C2CC[C@H]1CC(S(=O)(=O)c1cc(C(=O)Nc3ccc(F)c(F)c3)ccc1Cl)C2. The Labute approximate surface area is 213 Å². The molecule has 2 aromatic rings. The number of nitrogens with one attached hydrogen (secondary N) is 1. The second-order valence-corrected chi connectivity index (χ2v) is 12.3. The lowest BCUT2D eigenvalue weighted by atomic mass is 9.75. The maximum Gasteiger partial charge on any atom is 0.255 e. The molecule has 0 saturated heterocycles. The van der Waals surface area contributed by atoms with Gasteiger partial charge in [0.05, 0.1) is 40.1 Å². The van der Waals surface area contributed by atoms with E-state index in [1.54, 1.807) is 6.92 Å². The van der Waals surface area contributed by atoms with Gasteiger partial charge in [-0.25, -0.2) is 17.2 Å². The van der Waals surface area contributed by atoms with E-state index < -0.39 is 44.3 Å². The zero-order chi connectivity index (χ0) is 26.3. The molecule has 4 unspecified atom stereocenters. The number of hydrogen-bond acceptors (Lipinski definition) is 6. The molecule has 5 atom stereocenters. The number of halogens is 3. The summed E-state index contributed by atoms with van der Waals surface area (Å²) in [7, 11) is -3.96. The average Bonchev–Trinajstić information content (AvgIpc) is 2.98. The zero-order valence-corrected chi connectivity index (χ0v) is 21.2. The van der Waals surface area contributed by atoms with E-state index in [0.29, 0.717) is 12.8 Å². The number of aliphatic hydroxyl groups excluding tert-OH is 1. The number of aliphatic hydroxyl groups is 2. The van der Waals surface area contributed by atoms with Crippen molar-refractivity contribution in [1.29, 1.82) is 0 Å². The summed E-state index contributed by atoms with van der Waals surface area (Å²) < 4.78 is 59.3. The molecule has 0 spiro atoms. The monoisotopic (exact) mass is 543 g/mol. The summed E-state index contributed by atoms with van der Waals surface area (Å²) >= 11 is 6.25. The van der Waals surface area contributed by atoms with Crippen molar-refractivity contribution in [2.75, 3.05) is 18.5 Å². The first kappa shape index (κ1) is 26.9. The fourth-order valence-electron chi connectivity index (χ4n) is 5.31. The van der Waals surface area contributed by atoms with Crippen molar-refractivity contribution in [2.45, 2.75) is 54.5 Å². The molecule has 2 saturated carbocycles. The highest BCUT2D eigenvalue weighted by molar-refractivity contribution is 7.92. The number of rotatable bonds is 8. The Balaban J connectivity index is 1.53. The van der Waals surface area contributed by atoms with E-state index in [4.69, 9.17) is 16.3 Å². The van der Waals surface area contributed by atoms with Gasteiger partial charge < -0.3 is 20.3 Å². The number of benzene rings is 2. The number of carbonyl (C=O) groups is 1. The fourth-order valence-corrected chi connectivity index (χ4v) is 7.71. The van der Waals surface area contributed by atoms with Gasteiger partial charge in [-0.1, -0.05) is 11.6 Å². The van der Waals surface area contributed by atoms with Gasteiger partial charge in [0.2, 0.25) is 0 Å². The highest BCUT2D eigenvalue weighted by atomic mass is 35.5. The Morgan fingerprint density at radius 3 is 2.44 bits per heavy atom. The van der Waals surface area contributed by atoms with Gasteiger partial charge in [0.1, 0.15) is 0 Å². The van der Waals surface area contributed by atoms with Crippen molar-refractivity contribution in [2.24, 2.45) is 11.8 Å². The minimum atomic E-state index is -3.96. The molecule has 1 amide bonds. The minimum absolute atomic E-state index is 0.00971. The summed E-state index contributed by atoms with van der Waals surface area (Å²) in [5.41, 5.74) is -1.15. The molecule has 2 aliphatic rings. The lowest BCUT2D eigenvalue weighted by Gasteiger charge is -2.42. The normalized spacial score (nSPS) is 26.6. The second kappa shape index (κ2) is 10.3. The number of amides is 1. The third-order valence-corrected chi connectivity index (χ3v) is 9.84. The van der Waals surface area contributed by atoms with E-state index in [2.05, 4.69) is 5.32 Å². The molecule has 0 heterocycles. The van der Waals surface area contributed by atoms with Crippen LogP contribution in [0, 0.1) is 23.5 Å². The van der Waals surface area contributed by atoms with Gasteiger partial charge in [-0.15, -0.1) is 0 Å². The predicted molar refractivity (Wildman–Crippen MR) is 130 cm³/mol. The molecular weight excluding hydrogens is 516 g/mol. The van der Waals surface area contributed by atoms with E-state index in [9.17, 15) is 32.2 Å². The number of fused-ring (bicyclic) bond motifs is 2. The summed E-state index contributed by atoms with van der Waals surface area (Å²) in [5.74, 6) is -3.47. The van der Waals surface area contributed by atoms with E-state index in [1.807, 2.05) is 0 Å². The smallest absolute Gasteiger partial charge is 0.255 e. The minimum Gasteiger partial charge on any atom is -0.391 e. The standard InChI is InChI=1S/C25H28ClF2NO6S/c1-14(30)12-35-13-25(32)16-3-4-17(25)10-19(9-16)36(33,34)23-8-15(2-6-20(23)26)24(31)29-18-5-7-21(27)22(28)11-18/h2,5-8,11,14,16-17,19,30,32H,3-4,9-10,12-13H2,1H3,(H,29,31)/t14?,16-,17?,19?,25?/m0/s1. The van der Waals surface area contributed by atoms with Crippen molar-refractivity contribution < 1.29 is 36.9 Å². The molecule has 7 nitrogen and oxygen atoms in total. The van der Waals surface area contributed by atoms with E-state index >= 15 is 0 Å². The van der Waals surface area contributed by atoms with Gasteiger partial charge in [0.25, 0.3) is 5.91 Å². The first-order valence-electron chi connectivity index (χ1n) is 11.7. The summed E-state index contributed by atoms with van der Waals surface area (Å²) in [6.07, 6.45) is 1.09. The lowest BCUT2D eigenvalue weighted by Crippen LogP contribution is -2.51. The molecule has 2 fully saturated rings. The molecule has 2 bridgehead atoms. The Morgan fingerprint density at radius 1 is 1.17 bits per heavy atom. The highest BCUT2D eigenvalue weighted by Crippen LogP contribution is 2.52. The van der Waals surface area contributed by atoms with Crippen LogP contribution < -0.4 is 5.32 Å². The second-order valence-electron chi connectivity index (χ2n) is 9.69. The molecule has 0 radical (unpaired) electrons. The third-order valence-electron chi connectivity index (χ3n) is 7.18. The Morgan fingerprint density at radius 2 is 1.83 bits per heavy atom. The Bertz CT molecular complexity index is 1240. The van der Waals surface area contributed by atoms with Crippen LogP contribution in [-0.2, 0) is 14.6 Å². The molecule has 2 aliphatic carbocycles. The van der Waals surface area contributed by atoms with Crippen LogP contribution in [0.15, 0.2) is 41.3 Å². The Kier molecular flexibility index (Phi) is 7.73. The molecule has 2 aromatic carbocycles. The molecule has 3 N–H and O–H groups in total. The first-order valence-corrected chi connectivity index (χ1v) is 13.6. The molecule has 4 rings (SSSR count). The van der Waals surface area contributed by atoms with Crippen molar-refractivity contribution in [1.82, 2.24) is 0 Å². The van der Waals surface area contributed by atoms with Crippen LogP contribution in [0.3, 0.4) is 0 Å². The summed E-state index contributed by atoms with van der Waals surface area (Å²) in [6, 6.07) is 6.72. The molecule has 196 valence electrons. The molecule has 0 aliphatic heterocycles. The number of ether oxygens (including phenoxy) is 1. The molecule has 36 heavy (non-hydrogen) atoms. The predicted octanol–water partition coefficient (Wildman–Crippen LogP) is 3.96. The fraction of sp³-hybridized carbons (Fsp3) is 0.480. The topological polar surface area (TPSA) is 113 Å². The average molecular weight is 544 g/mol. The van der Waals surface area contributed by atoms with Crippen molar-refractivity contribution >= 4 is 33.0 Å². The molecule has 0 aromatic heterocycles. The van der Waals surface area contributed by atoms with Crippen LogP contribution in [0.25, 0.3) is 0 Å². The van der Waals surface area contributed by atoms with Gasteiger partial charge in [-0.3, -0.25) is 4.79 Å². The molecule has 11 heteroatoms. The van der Waals surface area contributed by atoms with E-state index in [0.717, 1.165) is 12.1 Å². The van der Waals surface area contributed by atoms with Gasteiger partial charge >= 0.3 is 0 Å². The number of hydrogen-bond donors (Lipinski definition) is 3. The lowest BCUT2D eigenvalue weighted by molar-refractivity contribution is -0.121. The van der Waals surface area contributed by atoms with E-state index in [1.165, 1.54) is 24.3 Å². The largest absolute Gasteiger partial charge is 0.391 e. The van der Waals surface area contributed by atoms with Crippen molar-refractivity contribution in [3.63, 3.8) is 0 Å². The highest BCUT2D eigenvalue weighted by Gasteiger charge is 2.55.